The molecule has 0 fully saturated rings. The first-order chi connectivity index (χ1) is 15.5. The number of rotatable bonds is 11. The second-order valence-electron chi connectivity index (χ2n) is 6.84. The highest BCUT2D eigenvalue weighted by Crippen LogP contribution is 2.36. The number of aliphatic hydroxyl groups excluding tert-OH is 1. The van der Waals surface area contributed by atoms with E-state index in [0.717, 1.165) is 10.7 Å². The lowest BCUT2D eigenvalue weighted by molar-refractivity contribution is 0.0833. The Hall–Kier alpha value is -3.30. The Morgan fingerprint density at radius 2 is 1.84 bits per heavy atom. The van der Waals surface area contributed by atoms with Crippen LogP contribution in [0.2, 0.25) is 0 Å². The summed E-state index contributed by atoms with van der Waals surface area (Å²) in [5.41, 5.74) is 1.27. The van der Waals surface area contributed by atoms with E-state index in [4.69, 9.17) is 18.9 Å². The van der Waals surface area contributed by atoms with Gasteiger partial charge in [0.15, 0.2) is 11.5 Å². The quantitative estimate of drug-likeness (QED) is 0.455. The zero-order valence-corrected chi connectivity index (χ0v) is 19.0. The number of amides is 1. The molecule has 0 saturated heterocycles. The molecule has 1 atom stereocenters. The molecule has 0 radical (unpaired) electrons. The summed E-state index contributed by atoms with van der Waals surface area (Å²) in [5.74, 6) is 1.61. The number of nitrogens with one attached hydrogen (secondary N) is 1. The second kappa shape index (κ2) is 11.4. The van der Waals surface area contributed by atoms with Crippen molar-refractivity contribution in [3.05, 3.63) is 64.1 Å². The van der Waals surface area contributed by atoms with Gasteiger partial charge in [-0.25, -0.2) is 4.98 Å². The molecule has 9 heteroatoms. The third-order valence-corrected chi connectivity index (χ3v) is 5.27. The Morgan fingerprint density at radius 3 is 2.50 bits per heavy atom. The third kappa shape index (κ3) is 6.35. The van der Waals surface area contributed by atoms with E-state index in [0.29, 0.717) is 35.2 Å². The number of carbonyl (C=O) groups is 1. The summed E-state index contributed by atoms with van der Waals surface area (Å²) < 4.78 is 21.9. The number of hydrogen-bond acceptors (Lipinski definition) is 8. The predicted octanol–water partition coefficient (Wildman–Crippen LogP) is 3.22. The van der Waals surface area contributed by atoms with Gasteiger partial charge in [0.1, 0.15) is 25.1 Å². The molecular weight excluding hydrogens is 432 g/mol. The molecule has 32 heavy (non-hydrogen) atoms. The number of benzene rings is 2. The summed E-state index contributed by atoms with van der Waals surface area (Å²) in [7, 11) is 3.04. The van der Waals surface area contributed by atoms with Crippen molar-refractivity contribution < 1.29 is 28.8 Å². The molecule has 0 aliphatic rings. The number of aryl methyl sites for hydroxylation is 1. The number of hydrogen-bond donors (Lipinski definition) is 2. The molecule has 3 rings (SSSR count). The number of ether oxygens (including phenoxy) is 4. The topological polar surface area (TPSA) is 99.1 Å². The van der Waals surface area contributed by atoms with Crippen LogP contribution in [0.3, 0.4) is 0 Å². The minimum Gasteiger partial charge on any atom is -0.493 e. The van der Waals surface area contributed by atoms with Gasteiger partial charge in [-0.2, -0.15) is 0 Å². The van der Waals surface area contributed by atoms with Crippen LogP contribution < -0.4 is 24.3 Å². The van der Waals surface area contributed by atoms with E-state index >= 15 is 0 Å². The van der Waals surface area contributed by atoms with Crippen LogP contribution in [0, 0.1) is 6.92 Å². The second-order valence-corrected chi connectivity index (χ2v) is 7.90. The first-order valence-corrected chi connectivity index (χ1v) is 10.8. The summed E-state index contributed by atoms with van der Waals surface area (Å²) >= 11 is 1.56. The molecule has 2 aromatic carbocycles. The number of nitrogens with zero attached hydrogens (tertiary/aromatic N) is 1. The summed E-state index contributed by atoms with van der Waals surface area (Å²) in [6.07, 6.45) is -0.930. The van der Waals surface area contributed by atoms with Crippen molar-refractivity contribution in [2.24, 2.45) is 0 Å². The van der Waals surface area contributed by atoms with Gasteiger partial charge < -0.3 is 29.4 Å². The zero-order valence-electron chi connectivity index (χ0n) is 18.2. The molecule has 0 aliphatic carbocycles. The lowest BCUT2D eigenvalue weighted by atomic mass is 10.2. The van der Waals surface area contributed by atoms with Gasteiger partial charge in [-0.05, 0) is 37.3 Å². The predicted molar refractivity (Wildman–Crippen MR) is 121 cm³/mol. The SMILES string of the molecule is COc1cccc(OC)c1OCC(O)CNC(=O)c1cccc(OCc2csc(C)n2)c1. The average Bonchev–Trinajstić information content (AvgIpc) is 3.24. The minimum atomic E-state index is -0.930. The Balaban J connectivity index is 1.50. The van der Waals surface area contributed by atoms with Crippen LogP contribution in [0.1, 0.15) is 21.1 Å². The van der Waals surface area contributed by atoms with E-state index in [2.05, 4.69) is 10.3 Å². The number of aromatic nitrogens is 1. The van der Waals surface area contributed by atoms with Crippen LogP contribution in [0.25, 0.3) is 0 Å². The van der Waals surface area contributed by atoms with Crippen molar-refractivity contribution >= 4 is 17.2 Å². The van der Waals surface area contributed by atoms with Gasteiger partial charge in [0.05, 0.1) is 24.9 Å². The zero-order chi connectivity index (χ0) is 22.9. The molecule has 0 spiro atoms. The average molecular weight is 459 g/mol. The maximum absolute atomic E-state index is 12.5. The summed E-state index contributed by atoms with van der Waals surface area (Å²) in [4.78, 5) is 16.8. The molecule has 0 bridgehead atoms. The third-order valence-electron chi connectivity index (χ3n) is 4.45. The number of carbonyl (C=O) groups excluding carboxylic acids is 1. The molecule has 0 saturated carbocycles. The van der Waals surface area contributed by atoms with Crippen molar-refractivity contribution in [1.29, 1.82) is 0 Å². The van der Waals surface area contributed by atoms with Crippen LogP contribution >= 0.6 is 11.3 Å². The molecule has 0 aliphatic heterocycles. The largest absolute Gasteiger partial charge is 0.493 e. The monoisotopic (exact) mass is 458 g/mol. The highest BCUT2D eigenvalue weighted by atomic mass is 32.1. The van der Waals surface area contributed by atoms with Crippen molar-refractivity contribution in [2.45, 2.75) is 19.6 Å². The highest BCUT2D eigenvalue weighted by molar-refractivity contribution is 7.09. The molecule has 8 nitrogen and oxygen atoms in total. The first kappa shape index (κ1) is 23.4. The van der Waals surface area contributed by atoms with Crippen molar-refractivity contribution in [2.75, 3.05) is 27.4 Å². The summed E-state index contributed by atoms with van der Waals surface area (Å²) in [6, 6.07) is 12.1. The van der Waals surface area contributed by atoms with E-state index in [9.17, 15) is 9.90 Å². The summed E-state index contributed by atoms with van der Waals surface area (Å²) in [6.45, 7) is 2.23. The Kier molecular flexibility index (Phi) is 8.29. The number of methoxy groups -OCH3 is 2. The lowest BCUT2D eigenvalue weighted by Crippen LogP contribution is -2.35. The van der Waals surface area contributed by atoms with Gasteiger partial charge >= 0.3 is 0 Å². The maximum Gasteiger partial charge on any atom is 0.251 e. The highest BCUT2D eigenvalue weighted by Gasteiger charge is 2.15. The number of aliphatic hydroxyl groups is 1. The van der Waals surface area contributed by atoms with Gasteiger partial charge in [0.25, 0.3) is 5.91 Å². The molecule has 1 amide bonds. The molecule has 2 N–H and O–H groups in total. The van der Waals surface area contributed by atoms with Gasteiger partial charge in [-0.1, -0.05) is 12.1 Å². The van der Waals surface area contributed by atoms with Crippen molar-refractivity contribution in [1.82, 2.24) is 10.3 Å². The van der Waals surface area contributed by atoms with E-state index in [-0.39, 0.29) is 19.1 Å². The first-order valence-electron chi connectivity index (χ1n) is 9.94. The fraction of sp³-hybridized carbons (Fsp3) is 0.304. The lowest BCUT2D eigenvalue weighted by Gasteiger charge is -2.17. The van der Waals surface area contributed by atoms with E-state index < -0.39 is 6.10 Å². The van der Waals surface area contributed by atoms with Crippen molar-refractivity contribution in [3.8, 4) is 23.0 Å². The van der Waals surface area contributed by atoms with Crippen LogP contribution in [0.15, 0.2) is 47.8 Å². The van der Waals surface area contributed by atoms with E-state index in [1.54, 1.807) is 53.8 Å². The molecule has 1 aromatic heterocycles. The number of para-hydroxylation sites is 1. The van der Waals surface area contributed by atoms with E-state index in [1.165, 1.54) is 14.2 Å². The molecule has 1 heterocycles. The standard InChI is InChI=1S/C23H26N2O6S/c1-15-25-17(14-32-15)12-30-19-7-4-6-16(10-19)23(27)24-11-18(26)13-31-22-20(28-2)8-5-9-21(22)29-3/h4-10,14,18,26H,11-13H2,1-3H3,(H,24,27). The smallest absolute Gasteiger partial charge is 0.251 e. The molecule has 1 unspecified atom stereocenters. The molecule has 170 valence electrons. The Labute approximate surface area is 190 Å². The van der Waals surface area contributed by atoms with Gasteiger partial charge in [0, 0.05) is 17.5 Å². The van der Waals surface area contributed by atoms with Crippen LogP contribution in [-0.2, 0) is 6.61 Å². The normalized spacial score (nSPS) is 11.5. The Morgan fingerprint density at radius 1 is 1.12 bits per heavy atom. The summed E-state index contributed by atoms with van der Waals surface area (Å²) in [5, 5.41) is 15.9. The van der Waals surface area contributed by atoms with Crippen LogP contribution in [0.5, 0.6) is 23.0 Å². The molecule has 3 aromatic rings. The van der Waals surface area contributed by atoms with Crippen LogP contribution in [-0.4, -0.2) is 49.5 Å². The molecular formula is C23H26N2O6S. The van der Waals surface area contributed by atoms with Gasteiger partial charge in [-0.3, -0.25) is 4.79 Å². The fourth-order valence-electron chi connectivity index (χ4n) is 2.87. The van der Waals surface area contributed by atoms with E-state index in [1.807, 2.05) is 12.3 Å². The fourth-order valence-corrected chi connectivity index (χ4v) is 3.47. The van der Waals surface area contributed by atoms with Gasteiger partial charge in [-0.15, -0.1) is 11.3 Å². The van der Waals surface area contributed by atoms with Crippen LogP contribution in [0.4, 0.5) is 0 Å². The van der Waals surface area contributed by atoms with Crippen molar-refractivity contribution in [3.63, 3.8) is 0 Å². The minimum absolute atomic E-state index is 0.0134. The van der Waals surface area contributed by atoms with Gasteiger partial charge in [0.2, 0.25) is 5.75 Å². The number of thiazole rings is 1. The maximum atomic E-state index is 12.5. The Bertz CT molecular complexity index is 1020.